The first-order chi connectivity index (χ1) is 19.7. The Morgan fingerprint density at radius 1 is 1.02 bits per heavy atom. The minimum absolute atomic E-state index is 0.0381. The van der Waals surface area contributed by atoms with Crippen LogP contribution in [-0.4, -0.2) is 90.8 Å². The van der Waals surface area contributed by atoms with E-state index in [2.05, 4.69) is 16.0 Å². The summed E-state index contributed by atoms with van der Waals surface area (Å²) >= 11 is 0. The average Bonchev–Trinajstić information content (AvgIpc) is 3.38. The molecule has 0 aliphatic carbocycles. The van der Waals surface area contributed by atoms with Crippen molar-refractivity contribution in [2.24, 2.45) is 0 Å². The zero-order chi connectivity index (χ0) is 29.4. The van der Waals surface area contributed by atoms with Crippen LogP contribution < -0.4 is 20.7 Å². The van der Waals surface area contributed by atoms with Gasteiger partial charge in [-0.15, -0.1) is 0 Å². The van der Waals surface area contributed by atoms with Crippen LogP contribution >= 0.6 is 0 Å². The Labute approximate surface area is 239 Å². The fraction of sp³-hybridized carbons (Fsp3) is 0.433. The summed E-state index contributed by atoms with van der Waals surface area (Å²) in [6.45, 7) is 2.85. The van der Waals surface area contributed by atoms with E-state index in [4.69, 9.17) is 4.74 Å². The van der Waals surface area contributed by atoms with Gasteiger partial charge in [0.15, 0.2) is 0 Å². The number of hydrogen-bond acceptors (Lipinski definition) is 6. The van der Waals surface area contributed by atoms with E-state index >= 15 is 0 Å². The molecule has 4 rings (SSSR count). The largest absolute Gasteiger partial charge is 0.491 e. The Morgan fingerprint density at radius 3 is 2.49 bits per heavy atom. The second-order valence-electron chi connectivity index (χ2n) is 10.4. The monoisotopic (exact) mass is 563 g/mol. The minimum atomic E-state index is -1.21. The van der Waals surface area contributed by atoms with Crippen molar-refractivity contribution < 1.29 is 28.7 Å². The van der Waals surface area contributed by atoms with Crippen molar-refractivity contribution >= 4 is 29.5 Å². The van der Waals surface area contributed by atoms with Crippen LogP contribution in [0.5, 0.6) is 5.75 Å². The van der Waals surface area contributed by atoms with E-state index in [1.807, 2.05) is 30.3 Å². The van der Waals surface area contributed by atoms with Gasteiger partial charge in [-0.2, -0.15) is 0 Å². The summed E-state index contributed by atoms with van der Waals surface area (Å²) < 4.78 is 6.11. The summed E-state index contributed by atoms with van der Waals surface area (Å²) in [4.78, 5) is 67.9. The van der Waals surface area contributed by atoms with Gasteiger partial charge in [-0.3, -0.25) is 24.0 Å². The molecule has 0 aromatic heterocycles. The molecule has 1 fully saturated rings. The molecule has 218 valence electrons. The van der Waals surface area contributed by atoms with Crippen molar-refractivity contribution in [3.8, 4) is 5.75 Å². The molecule has 11 nitrogen and oxygen atoms in total. The highest BCUT2D eigenvalue weighted by molar-refractivity contribution is 6.01. The first kappa shape index (κ1) is 29.6. The maximum absolute atomic E-state index is 13.4. The number of amides is 5. The highest BCUT2D eigenvalue weighted by Gasteiger charge is 2.31. The Bertz CT molecular complexity index is 1270. The molecule has 2 heterocycles. The number of benzene rings is 2. The molecule has 2 aliphatic heterocycles. The summed E-state index contributed by atoms with van der Waals surface area (Å²) in [5.41, 5.74) is 1.21. The van der Waals surface area contributed by atoms with Gasteiger partial charge in [0.05, 0.1) is 18.0 Å². The Balaban J connectivity index is 1.55. The van der Waals surface area contributed by atoms with Crippen LogP contribution in [-0.2, 0) is 25.6 Å². The van der Waals surface area contributed by atoms with Crippen molar-refractivity contribution in [1.29, 1.82) is 0 Å². The number of carbonyl (C=O) groups is 5. The standard InChI is InChI=1S/C30H37N5O6/c1-20-30(40)34(2)22(17-21-9-4-3-5-10-21)19-41-25-12-7-6-11-23(25)28(38)33-24(18-26(36)32-20)29(39)31-14-16-35-15-8-13-27(35)37/h3-7,9-12,20,22,24H,8,13-19H2,1-2H3,(H,31,39)(H,32,36)(H,33,38)/t20-,22-,24-/m0/s1. The third-order valence-electron chi connectivity index (χ3n) is 7.38. The average molecular weight is 564 g/mol. The predicted molar refractivity (Wildman–Crippen MR) is 151 cm³/mol. The zero-order valence-corrected chi connectivity index (χ0v) is 23.4. The summed E-state index contributed by atoms with van der Waals surface area (Å²) in [6, 6.07) is 13.8. The summed E-state index contributed by atoms with van der Waals surface area (Å²) in [5.74, 6) is -1.67. The third-order valence-corrected chi connectivity index (χ3v) is 7.38. The second kappa shape index (κ2) is 13.8. The molecular weight excluding hydrogens is 526 g/mol. The van der Waals surface area contributed by atoms with E-state index in [0.29, 0.717) is 31.7 Å². The van der Waals surface area contributed by atoms with Gasteiger partial charge in [-0.1, -0.05) is 42.5 Å². The van der Waals surface area contributed by atoms with Crippen molar-refractivity contribution in [3.63, 3.8) is 0 Å². The predicted octanol–water partition coefficient (Wildman–Crippen LogP) is 0.881. The van der Waals surface area contributed by atoms with Gasteiger partial charge in [0, 0.05) is 33.1 Å². The molecule has 3 atom stereocenters. The number of ether oxygens (including phenoxy) is 1. The van der Waals surface area contributed by atoms with Crippen molar-refractivity contribution in [3.05, 3.63) is 65.7 Å². The van der Waals surface area contributed by atoms with Crippen LogP contribution in [0.25, 0.3) is 0 Å². The number of likely N-dealkylation sites (N-methyl/N-ethyl adjacent to an activating group) is 1. The molecule has 2 aromatic carbocycles. The van der Waals surface area contributed by atoms with Gasteiger partial charge < -0.3 is 30.5 Å². The first-order valence-corrected chi connectivity index (χ1v) is 13.9. The van der Waals surface area contributed by atoms with Gasteiger partial charge in [-0.05, 0) is 37.5 Å². The van der Waals surface area contributed by atoms with Crippen LogP contribution in [0.15, 0.2) is 54.6 Å². The van der Waals surface area contributed by atoms with E-state index in [-0.39, 0.29) is 43.0 Å². The topological polar surface area (TPSA) is 137 Å². The quantitative estimate of drug-likeness (QED) is 0.477. The molecule has 5 amide bonds. The van der Waals surface area contributed by atoms with Gasteiger partial charge in [-0.25, -0.2) is 0 Å². The number of hydrogen-bond donors (Lipinski definition) is 3. The molecule has 3 N–H and O–H groups in total. The lowest BCUT2D eigenvalue weighted by atomic mass is 10.0. The lowest BCUT2D eigenvalue weighted by molar-refractivity contribution is -0.137. The number of para-hydroxylation sites is 1. The molecule has 0 bridgehead atoms. The number of likely N-dealkylation sites (tertiary alicyclic amines) is 1. The third kappa shape index (κ3) is 7.84. The van der Waals surface area contributed by atoms with Crippen molar-refractivity contribution in [1.82, 2.24) is 25.8 Å². The van der Waals surface area contributed by atoms with Crippen LogP contribution in [0.3, 0.4) is 0 Å². The van der Waals surface area contributed by atoms with Gasteiger partial charge >= 0.3 is 0 Å². The van der Waals surface area contributed by atoms with Gasteiger partial charge in [0.2, 0.25) is 23.6 Å². The molecule has 0 unspecified atom stereocenters. The molecule has 0 spiro atoms. The molecule has 2 aromatic rings. The lowest BCUT2D eigenvalue weighted by Gasteiger charge is -2.31. The Kier molecular flexibility index (Phi) is 9.94. The minimum Gasteiger partial charge on any atom is -0.491 e. The Hall–Kier alpha value is -4.41. The highest BCUT2D eigenvalue weighted by Crippen LogP contribution is 2.20. The molecule has 11 heteroatoms. The number of nitrogens with zero attached hydrogens (tertiary/aromatic N) is 2. The highest BCUT2D eigenvalue weighted by atomic mass is 16.5. The molecule has 2 aliphatic rings. The summed E-state index contributed by atoms with van der Waals surface area (Å²) in [5, 5.41) is 8.05. The summed E-state index contributed by atoms with van der Waals surface area (Å²) in [7, 11) is 1.66. The second-order valence-corrected chi connectivity index (χ2v) is 10.4. The maximum Gasteiger partial charge on any atom is 0.255 e. The fourth-order valence-corrected chi connectivity index (χ4v) is 5.02. The van der Waals surface area contributed by atoms with Crippen LogP contribution in [0.4, 0.5) is 0 Å². The number of nitrogens with one attached hydrogen (secondary N) is 3. The smallest absolute Gasteiger partial charge is 0.255 e. The van der Waals surface area contributed by atoms with E-state index in [9.17, 15) is 24.0 Å². The van der Waals surface area contributed by atoms with Crippen LogP contribution in [0, 0.1) is 0 Å². The van der Waals surface area contributed by atoms with E-state index < -0.39 is 29.8 Å². The van der Waals surface area contributed by atoms with E-state index in [0.717, 1.165) is 12.0 Å². The molecule has 1 saturated heterocycles. The van der Waals surface area contributed by atoms with Crippen LogP contribution in [0.2, 0.25) is 0 Å². The number of fused-ring (bicyclic) bond motifs is 1. The van der Waals surface area contributed by atoms with Gasteiger partial charge in [0.1, 0.15) is 24.4 Å². The zero-order valence-electron chi connectivity index (χ0n) is 23.4. The Morgan fingerprint density at radius 2 is 1.76 bits per heavy atom. The van der Waals surface area contributed by atoms with Crippen molar-refractivity contribution in [2.45, 2.75) is 50.7 Å². The molecular formula is C30H37N5O6. The van der Waals surface area contributed by atoms with E-state index in [1.54, 1.807) is 48.0 Å². The number of rotatable bonds is 6. The molecule has 0 saturated carbocycles. The maximum atomic E-state index is 13.4. The molecule has 41 heavy (non-hydrogen) atoms. The van der Waals surface area contributed by atoms with Gasteiger partial charge in [0.25, 0.3) is 5.91 Å². The first-order valence-electron chi connectivity index (χ1n) is 13.9. The SMILES string of the molecule is C[C@@H]1NC(=O)C[C@@H](C(=O)NCCN2CCCC2=O)NC(=O)c2ccccc2OC[C@H](Cc2ccccc2)N(C)C1=O. The van der Waals surface area contributed by atoms with Crippen LogP contribution in [0.1, 0.15) is 42.1 Å². The van der Waals surface area contributed by atoms with Crippen molar-refractivity contribution in [2.75, 3.05) is 33.3 Å². The summed E-state index contributed by atoms with van der Waals surface area (Å²) in [6.07, 6.45) is 1.40. The lowest BCUT2D eigenvalue weighted by Crippen LogP contribution is -2.54. The number of carbonyl (C=O) groups excluding carboxylic acids is 5. The molecule has 0 radical (unpaired) electrons. The normalized spacial score (nSPS) is 22.2. The fourth-order valence-electron chi connectivity index (χ4n) is 5.02. The van der Waals surface area contributed by atoms with E-state index in [1.165, 1.54) is 0 Å².